The number of ether oxygens (including phenoxy) is 2. The second-order valence-corrected chi connectivity index (χ2v) is 4.82. The Kier molecular flexibility index (Phi) is 3.37. The molecular weight excluding hydrogens is 331 g/mol. The summed E-state index contributed by atoms with van der Waals surface area (Å²) in [5, 5.41) is 0. The number of hydrogen-bond acceptors (Lipinski definition) is 4. The lowest BCUT2D eigenvalue weighted by Gasteiger charge is -2.10. The van der Waals surface area contributed by atoms with Gasteiger partial charge in [-0.15, -0.1) is 0 Å². The lowest BCUT2D eigenvalue weighted by atomic mass is 10.1. The number of rotatable bonds is 2. The first kappa shape index (κ1) is 12.3. The molecule has 1 heterocycles. The van der Waals surface area contributed by atoms with E-state index in [1.165, 1.54) is 11.1 Å². The van der Waals surface area contributed by atoms with E-state index in [2.05, 4.69) is 46.4 Å². The summed E-state index contributed by atoms with van der Waals surface area (Å²) in [7, 11) is 3.12. The SMILES string of the molecule is COc1nc2cc(C)c(C)c(I)c2nc1OC. The molecule has 17 heavy (non-hydrogen) atoms. The van der Waals surface area contributed by atoms with Gasteiger partial charge < -0.3 is 9.47 Å². The Labute approximate surface area is 114 Å². The van der Waals surface area contributed by atoms with E-state index in [1.807, 2.05) is 6.07 Å². The van der Waals surface area contributed by atoms with Crippen LogP contribution in [-0.2, 0) is 0 Å². The summed E-state index contributed by atoms with van der Waals surface area (Å²) in [6, 6.07) is 2.02. The van der Waals surface area contributed by atoms with Crippen LogP contribution in [0, 0.1) is 17.4 Å². The molecular formula is C12H13IN2O2. The standard InChI is InChI=1S/C12H13IN2O2/c1-6-5-8-10(9(13)7(6)2)15-12(17-4)11(14-8)16-3/h5H,1-4H3. The highest BCUT2D eigenvalue weighted by atomic mass is 127. The molecule has 0 amide bonds. The van der Waals surface area contributed by atoms with Crippen molar-refractivity contribution in [1.82, 2.24) is 9.97 Å². The van der Waals surface area contributed by atoms with E-state index in [4.69, 9.17) is 9.47 Å². The van der Waals surface area contributed by atoms with Crippen LogP contribution in [0.5, 0.6) is 11.8 Å². The lowest BCUT2D eigenvalue weighted by molar-refractivity contribution is 0.334. The zero-order chi connectivity index (χ0) is 12.6. The number of hydrogen-bond donors (Lipinski definition) is 0. The number of methoxy groups -OCH3 is 2. The van der Waals surface area contributed by atoms with E-state index in [9.17, 15) is 0 Å². The highest BCUT2D eigenvalue weighted by molar-refractivity contribution is 14.1. The zero-order valence-electron chi connectivity index (χ0n) is 10.2. The summed E-state index contributed by atoms with van der Waals surface area (Å²) in [6.07, 6.45) is 0. The fraction of sp³-hybridized carbons (Fsp3) is 0.333. The van der Waals surface area contributed by atoms with Gasteiger partial charge in [-0.2, -0.15) is 0 Å². The van der Waals surface area contributed by atoms with Crippen LogP contribution in [0.3, 0.4) is 0 Å². The molecule has 0 atom stereocenters. The molecule has 0 aliphatic rings. The summed E-state index contributed by atoms with van der Waals surface area (Å²) in [6.45, 7) is 4.14. The molecule has 2 aromatic rings. The minimum Gasteiger partial charge on any atom is -0.477 e. The molecule has 0 N–H and O–H groups in total. The van der Waals surface area contributed by atoms with Gasteiger partial charge in [-0.25, -0.2) is 9.97 Å². The molecule has 0 fully saturated rings. The van der Waals surface area contributed by atoms with Gasteiger partial charge in [0.25, 0.3) is 11.8 Å². The molecule has 0 unspecified atom stereocenters. The van der Waals surface area contributed by atoms with Crippen molar-refractivity contribution in [3.63, 3.8) is 0 Å². The Hall–Kier alpha value is -1.11. The highest BCUT2D eigenvalue weighted by Gasteiger charge is 2.14. The van der Waals surface area contributed by atoms with Crippen LogP contribution in [0.25, 0.3) is 11.0 Å². The molecule has 1 aromatic heterocycles. The van der Waals surface area contributed by atoms with Crippen molar-refractivity contribution < 1.29 is 9.47 Å². The normalized spacial score (nSPS) is 10.6. The summed E-state index contributed by atoms with van der Waals surface area (Å²) >= 11 is 2.29. The smallest absolute Gasteiger partial charge is 0.278 e. The molecule has 5 heteroatoms. The molecule has 90 valence electrons. The van der Waals surface area contributed by atoms with Gasteiger partial charge in [0.05, 0.1) is 19.7 Å². The van der Waals surface area contributed by atoms with Crippen LogP contribution in [0.1, 0.15) is 11.1 Å². The number of nitrogens with zero attached hydrogens (tertiary/aromatic N) is 2. The molecule has 4 nitrogen and oxygen atoms in total. The zero-order valence-corrected chi connectivity index (χ0v) is 12.3. The van der Waals surface area contributed by atoms with Crippen molar-refractivity contribution in [1.29, 1.82) is 0 Å². The minimum atomic E-state index is 0.416. The second kappa shape index (κ2) is 4.64. The molecule has 2 rings (SSSR count). The molecule has 1 aromatic carbocycles. The average molecular weight is 344 g/mol. The molecule has 0 aliphatic carbocycles. The van der Waals surface area contributed by atoms with Gasteiger partial charge in [0.15, 0.2) is 0 Å². The topological polar surface area (TPSA) is 44.2 Å². The van der Waals surface area contributed by atoms with E-state index in [0.717, 1.165) is 14.6 Å². The van der Waals surface area contributed by atoms with E-state index in [1.54, 1.807) is 14.2 Å². The number of halogens is 1. The third-order valence-corrected chi connectivity index (χ3v) is 4.05. The minimum absolute atomic E-state index is 0.416. The quantitative estimate of drug-likeness (QED) is 0.786. The summed E-state index contributed by atoms with van der Waals surface area (Å²) in [5.41, 5.74) is 4.10. The Bertz CT molecular complexity index is 584. The number of aromatic nitrogens is 2. The second-order valence-electron chi connectivity index (χ2n) is 3.74. The highest BCUT2D eigenvalue weighted by Crippen LogP contribution is 2.30. The van der Waals surface area contributed by atoms with Crippen LogP contribution in [0.15, 0.2) is 6.07 Å². The fourth-order valence-electron chi connectivity index (χ4n) is 1.61. The van der Waals surface area contributed by atoms with Crippen molar-refractivity contribution in [2.24, 2.45) is 0 Å². The Morgan fingerprint density at radius 1 is 1.06 bits per heavy atom. The van der Waals surface area contributed by atoms with Gasteiger partial charge in [0, 0.05) is 3.57 Å². The summed E-state index contributed by atoms with van der Waals surface area (Å²) in [5.74, 6) is 0.834. The number of fused-ring (bicyclic) bond motifs is 1. The van der Waals surface area contributed by atoms with Gasteiger partial charge in [-0.1, -0.05) is 0 Å². The Balaban J connectivity index is 2.83. The maximum atomic E-state index is 5.17. The summed E-state index contributed by atoms with van der Waals surface area (Å²) in [4.78, 5) is 8.86. The monoisotopic (exact) mass is 344 g/mol. The Morgan fingerprint density at radius 2 is 1.65 bits per heavy atom. The van der Waals surface area contributed by atoms with E-state index >= 15 is 0 Å². The maximum Gasteiger partial charge on any atom is 0.278 e. The first-order chi connectivity index (χ1) is 8.08. The first-order valence-electron chi connectivity index (χ1n) is 5.14. The van der Waals surface area contributed by atoms with Crippen molar-refractivity contribution in [3.8, 4) is 11.8 Å². The van der Waals surface area contributed by atoms with Gasteiger partial charge in [-0.3, -0.25) is 0 Å². The van der Waals surface area contributed by atoms with Crippen molar-refractivity contribution in [3.05, 3.63) is 20.8 Å². The molecule has 0 bridgehead atoms. The van der Waals surface area contributed by atoms with Crippen LogP contribution in [-0.4, -0.2) is 24.2 Å². The molecule has 0 spiro atoms. The van der Waals surface area contributed by atoms with Gasteiger partial charge in [0.1, 0.15) is 5.52 Å². The third-order valence-electron chi connectivity index (χ3n) is 2.73. The van der Waals surface area contributed by atoms with E-state index in [-0.39, 0.29) is 0 Å². The van der Waals surface area contributed by atoms with Crippen LogP contribution >= 0.6 is 22.6 Å². The van der Waals surface area contributed by atoms with Crippen LogP contribution in [0.4, 0.5) is 0 Å². The van der Waals surface area contributed by atoms with Gasteiger partial charge in [0.2, 0.25) is 0 Å². The molecule has 0 radical (unpaired) electrons. The van der Waals surface area contributed by atoms with Crippen LogP contribution < -0.4 is 9.47 Å². The predicted molar refractivity (Wildman–Crippen MR) is 74.8 cm³/mol. The number of aryl methyl sites for hydroxylation is 1. The van der Waals surface area contributed by atoms with E-state index in [0.29, 0.717) is 11.8 Å². The van der Waals surface area contributed by atoms with Gasteiger partial charge in [-0.05, 0) is 53.6 Å². The molecule has 0 saturated carbocycles. The average Bonchev–Trinajstić information content (AvgIpc) is 2.34. The first-order valence-corrected chi connectivity index (χ1v) is 6.21. The van der Waals surface area contributed by atoms with Gasteiger partial charge >= 0.3 is 0 Å². The van der Waals surface area contributed by atoms with Crippen LogP contribution in [0.2, 0.25) is 0 Å². The predicted octanol–water partition coefficient (Wildman–Crippen LogP) is 2.87. The number of benzene rings is 1. The molecule has 0 saturated heterocycles. The lowest BCUT2D eigenvalue weighted by Crippen LogP contribution is -2.00. The Morgan fingerprint density at radius 3 is 2.24 bits per heavy atom. The molecule has 0 aliphatic heterocycles. The van der Waals surface area contributed by atoms with Crippen molar-refractivity contribution >= 4 is 33.6 Å². The maximum absolute atomic E-state index is 5.17. The summed E-state index contributed by atoms with van der Waals surface area (Å²) < 4.78 is 11.4. The largest absolute Gasteiger partial charge is 0.477 e. The fourth-order valence-corrected chi connectivity index (χ4v) is 2.43. The van der Waals surface area contributed by atoms with E-state index < -0.39 is 0 Å². The van der Waals surface area contributed by atoms with Crippen molar-refractivity contribution in [2.75, 3.05) is 14.2 Å². The third kappa shape index (κ3) is 2.03. The van der Waals surface area contributed by atoms with Crippen molar-refractivity contribution in [2.45, 2.75) is 13.8 Å².